The molecule has 30 heavy (non-hydrogen) atoms. The van der Waals surface area contributed by atoms with Crippen LogP contribution in [0, 0.1) is 26.0 Å². The molecule has 0 atom stereocenters. The van der Waals surface area contributed by atoms with Crippen LogP contribution in [0.25, 0.3) is 6.08 Å². The summed E-state index contributed by atoms with van der Waals surface area (Å²) in [6.07, 6.45) is 0.677. The fourth-order valence-corrected chi connectivity index (χ4v) is 2.62. The van der Waals surface area contributed by atoms with Crippen molar-refractivity contribution in [1.82, 2.24) is 5.32 Å². The third kappa shape index (κ3) is 3.54. The van der Waals surface area contributed by atoms with Crippen LogP contribution in [0.5, 0.6) is 5.75 Å². The smallest absolute Gasteiger partial charge is 0.335 e. The number of non-ortho nitro benzene ring substituents is 1. The molecule has 152 valence electrons. The number of nitrogens with zero attached hydrogens (tertiary/aromatic N) is 3. The van der Waals surface area contributed by atoms with Crippen LogP contribution in [-0.4, -0.2) is 32.8 Å². The Labute approximate surface area is 165 Å². The van der Waals surface area contributed by atoms with E-state index in [4.69, 9.17) is 0 Å². The van der Waals surface area contributed by atoms with Crippen LogP contribution in [0.4, 0.5) is 26.2 Å². The Morgan fingerprint density at radius 1 is 1.03 bits per heavy atom. The van der Waals surface area contributed by atoms with Crippen LogP contribution in [0.1, 0.15) is 5.56 Å². The number of benzene rings is 2. The van der Waals surface area contributed by atoms with E-state index in [1.54, 1.807) is 0 Å². The van der Waals surface area contributed by atoms with E-state index < -0.39 is 61.8 Å². The van der Waals surface area contributed by atoms with Gasteiger partial charge in [0.05, 0.1) is 21.6 Å². The fourth-order valence-electron chi connectivity index (χ4n) is 2.62. The van der Waals surface area contributed by atoms with E-state index in [1.807, 2.05) is 5.32 Å². The van der Waals surface area contributed by atoms with Gasteiger partial charge in [-0.1, -0.05) is 0 Å². The van der Waals surface area contributed by atoms with Crippen molar-refractivity contribution < 1.29 is 33.7 Å². The van der Waals surface area contributed by atoms with Gasteiger partial charge in [-0.3, -0.25) is 35.1 Å². The molecule has 0 radical (unpaired) electrons. The molecule has 0 bridgehead atoms. The minimum atomic E-state index is -1.20. The first-order valence-corrected chi connectivity index (χ1v) is 7.93. The summed E-state index contributed by atoms with van der Waals surface area (Å²) < 4.78 is 13.1. The second kappa shape index (κ2) is 7.38. The highest BCUT2D eigenvalue weighted by Gasteiger charge is 2.37. The number of halogens is 1. The summed E-state index contributed by atoms with van der Waals surface area (Å²) in [7, 11) is 0. The van der Waals surface area contributed by atoms with E-state index in [0.29, 0.717) is 23.1 Å². The van der Waals surface area contributed by atoms with Crippen LogP contribution >= 0.6 is 0 Å². The van der Waals surface area contributed by atoms with Crippen LogP contribution < -0.4 is 10.2 Å². The molecule has 0 aliphatic carbocycles. The SMILES string of the molecule is O=C1NC(=O)N(c2ccc(F)cc2)C(=O)/C1=C/c1cc([N+](=O)[O-])cc([N+](=O)[O-])c1O. The molecule has 2 aromatic rings. The van der Waals surface area contributed by atoms with E-state index in [0.717, 1.165) is 24.3 Å². The Morgan fingerprint density at radius 2 is 1.67 bits per heavy atom. The number of carbonyl (C=O) groups excluding carboxylic acids is 3. The lowest BCUT2D eigenvalue weighted by atomic mass is 10.0. The number of anilines is 1. The quantitative estimate of drug-likeness (QED) is 0.329. The monoisotopic (exact) mass is 416 g/mol. The summed E-state index contributed by atoms with van der Waals surface area (Å²) in [5.41, 5.74) is -3.20. The van der Waals surface area contributed by atoms with Crippen molar-refractivity contribution >= 4 is 41.0 Å². The molecule has 4 amide bonds. The molecular weight excluding hydrogens is 407 g/mol. The van der Waals surface area contributed by atoms with Gasteiger partial charge >= 0.3 is 11.7 Å². The zero-order valence-corrected chi connectivity index (χ0v) is 14.6. The van der Waals surface area contributed by atoms with Crippen molar-refractivity contribution in [3.05, 3.63) is 73.6 Å². The Morgan fingerprint density at radius 3 is 2.23 bits per heavy atom. The van der Waals surface area contributed by atoms with Gasteiger partial charge in [-0.15, -0.1) is 0 Å². The first kappa shape index (κ1) is 20.1. The van der Waals surface area contributed by atoms with Gasteiger partial charge in [-0.2, -0.15) is 0 Å². The zero-order valence-electron chi connectivity index (χ0n) is 14.6. The molecule has 1 saturated heterocycles. The molecule has 0 spiro atoms. The lowest BCUT2D eigenvalue weighted by Gasteiger charge is -2.26. The average molecular weight is 416 g/mol. The van der Waals surface area contributed by atoms with Gasteiger partial charge in [0, 0.05) is 11.6 Å². The van der Waals surface area contributed by atoms with Crippen molar-refractivity contribution in [3.63, 3.8) is 0 Å². The maximum Gasteiger partial charge on any atom is 0.335 e. The summed E-state index contributed by atoms with van der Waals surface area (Å²) in [5.74, 6) is -4.06. The number of nitro benzene ring substituents is 2. The zero-order chi connectivity index (χ0) is 22.2. The van der Waals surface area contributed by atoms with E-state index in [2.05, 4.69) is 0 Å². The summed E-state index contributed by atoms with van der Waals surface area (Å²) in [6, 6.07) is 4.20. The number of urea groups is 1. The number of nitrogens with one attached hydrogen (secondary N) is 1. The van der Waals surface area contributed by atoms with Gasteiger partial charge in [-0.25, -0.2) is 14.1 Å². The summed E-state index contributed by atoms with van der Waals surface area (Å²) in [6.45, 7) is 0. The van der Waals surface area contributed by atoms with Crippen molar-refractivity contribution in [1.29, 1.82) is 0 Å². The summed E-state index contributed by atoms with van der Waals surface area (Å²) in [5, 5.41) is 34.0. The van der Waals surface area contributed by atoms with E-state index in [-0.39, 0.29) is 5.69 Å². The third-order valence-electron chi connectivity index (χ3n) is 4.00. The Kier molecular flexibility index (Phi) is 4.94. The molecule has 2 N–H and O–H groups in total. The molecular formula is C17H9FN4O8. The van der Waals surface area contributed by atoms with Crippen LogP contribution in [0.15, 0.2) is 42.0 Å². The van der Waals surface area contributed by atoms with Crippen molar-refractivity contribution in [3.8, 4) is 5.75 Å². The predicted molar refractivity (Wildman–Crippen MR) is 96.8 cm³/mol. The number of barbiturate groups is 1. The van der Waals surface area contributed by atoms with Gasteiger partial charge in [0.25, 0.3) is 17.5 Å². The van der Waals surface area contributed by atoms with E-state index in [1.165, 1.54) is 0 Å². The Bertz CT molecular complexity index is 1160. The van der Waals surface area contributed by atoms with Crippen LogP contribution in [0.3, 0.4) is 0 Å². The maximum absolute atomic E-state index is 13.1. The molecule has 1 aliphatic heterocycles. The van der Waals surface area contributed by atoms with Gasteiger partial charge in [0.1, 0.15) is 11.4 Å². The molecule has 13 heteroatoms. The topological polar surface area (TPSA) is 173 Å². The van der Waals surface area contributed by atoms with Crippen molar-refractivity contribution in [2.24, 2.45) is 0 Å². The number of carbonyl (C=O) groups is 3. The minimum absolute atomic E-state index is 0.0912. The van der Waals surface area contributed by atoms with Crippen LogP contribution in [-0.2, 0) is 9.59 Å². The number of amides is 4. The van der Waals surface area contributed by atoms with E-state index >= 15 is 0 Å². The van der Waals surface area contributed by atoms with Crippen molar-refractivity contribution in [2.45, 2.75) is 0 Å². The highest BCUT2D eigenvalue weighted by atomic mass is 19.1. The summed E-state index contributed by atoms with van der Waals surface area (Å²) in [4.78, 5) is 57.5. The van der Waals surface area contributed by atoms with Crippen molar-refractivity contribution in [2.75, 3.05) is 4.90 Å². The van der Waals surface area contributed by atoms with Gasteiger partial charge in [-0.05, 0) is 30.3 Å². The number of phenolic OH excluding ortho intramolecular Hbond substituents is 1. The molecule has 1 heterocycles. The number of imide groups is 2. The molecule has 3 rings (SSSR count). The number of hydrogen-bond donors (Lipinski definition) is 2. The average Bonchev–Trinajstić information content (AvgIpc) is 2.67. The molecule has 0 aromatic heterocycles. The number of phenols is 1. The number of rotatable bonds is 4. The molecule has 12 nitrogen and oxygen atoms in total. The third-order valence-corrected chi connectivity index (χ3v) is 4.00. The van der Waals surface area contributed by atoms with Gasteiger partial charge in [0.2, 0.25) is 5.75 Å². The highest BCUT2D eigenvalue weighted by Crippen LogP contribution is 2.36. The van der Waals surface area contributed by atoms with Gasteiger partial charge in [0.15, 0.2) is 0 Å². The standard InChI is InChI=1S/C17H9FN4O8/c18-9-1-3-10(4-2-9)20-16(25)12(15(24)19-17(20)26)6-8-5-11(21(27)28)7-13(14(8)23)22(29)30/h1-7,23H,(H,19,24,26)/b12-6+. The molecule has 0 saturated carbocycles. The Balaban J connectivity index is 2.14. The number of aromatic hydroxyl groups is 1. The summed E-state index contributed by atoms with van der Waals surface area (Å²) >= 11 is 0. The fraction of sp³-hybridized carbons (Fsp3) is 0. The lowest BCUT2D eigenvalue weighted by Crippen LogP contribution is -2.54. The molecule has 1 aliphatic rings. The number of nitro groups is 2. The Hall–Kier alpha value is -4.68. The predicted octanol–water partition coefficient (Wildman–Crippen LogP) is 2.01. The van der Waals surface area contributed by atoms with E-state index in [9.17, 15) is 44.1 Å². The van der Waals surface area contributed by atoms with Crippen LogP contribution in [0.2, 0.25) is 0 Å². The number of hydrogen-bond acceptors (Lipinski definition) is 8. The second-order valence-electron chi connectivity index (χ2n) is 5.85. The second-order valence-corrected chi connectivity index (χ2v) is 5.85. The molecule has 0 unspecified atom stereocenters. The first-order chi connectivity index (χ1) is 14.1. The van der Waals surface area contributed by atoms with Gasteiger partial charge < -0.3 is 5.11 Å². The largest absolute Gasteiger partial charge is 0.502 e. The molecule has 2 aromatic carbocycles. The maximum atomic E-state index is 13.1. The normalized spacial score (nSPS) is 15.3. The first-order valence-electron chi connectivity index (χ1n) is 7.93. The highest BCUT2D eigenvalue weighted by molar-refractivity contribution is 6.39. The minimum Gasteiger partial charge on any atom is -0.502 e. The lowest BCUT2D eigenvalue weighted by molar-refractivity contribution is -0.394. The molecule has 1 fully saturated rings.